The van der Waals surface area contributed by atoms with Crippen molar-refractivity contribution in [3.05, 3.63) is 64.7 Å². The Bertz CT molecular complexity index is 973. The SMILES string of the molecule is COC(=O)[C@@H](Cc1cc(Cl)ccc1F)NC(=O)c1ccnc2[nH]ccc12. The number of amides is 1. The van der Waals surface area contributed by atoms with Crippen molar-refractivity contribution < 1.29 is 18.7 Å². The fourth-order valence-corrected chi connectivity index (χ4v) is 2.84. The molecule has 6 nitrogen and oxygen atoms in total. The van der Waals surface area contributed by atoms with Crippen molar-refractivity contribution >= 4 is 34.5 Å². The molecule has 0 radical (unpaired) electrons. The van der Waals surface area contributed by atoms with Crippen LogP contribution in [-0.2, 0) is 16.0 Å². The van der Waals surface area contributed by atoms with E-state index in [1.54, 1.807) is 18.3 Å². The number of hydrogen-bond acceptors (Lipinski definition) is 4. The molecule has 0 saturated carbocycles. The smallest absolute Gasteiger partial charge is 0.328 e. The van der Waals surface area contributed by atoms with Gasteiger partial charge in [-0.3, -0.25) is 4.79 Å². The van der Waals surface area contributed by atoms with Crippen LogP contribution in [0.4, 0.5) is 4.39 Å². The summed E-state index contributed by atoms with van der Waals surface area (Å²) in [5, 5.41) is 3.54. The van der Waals surface area contributed by atoms with Gasteiger partial charge in [0.15, 0.2) is 0 Å². The maximum absolute atomic E-state index is 14.0. The molecule has 3 rings (SSSR count). The van der Waals surface area contributed by atoms with Crippen LogP contribution in [0.2, 0.25) is 5.02 Å². The van der Waals surface area contributed by atoms with E-state index in [2.05, 4.69) is 15.3 Å². The fraction of sp³-hybridized carbons (Fsp3) is 0.167. The summed E-state index contributed by atoms with van der Waals surface area (Å²) >= 11 is 5.89. The van der Waals surface area contributed by atoms with Gasteiger partial charge in [0.1, 0.15) is 17.5 Å². The molecule has 2 N–H and O–H groups in total. The van der Waals surface area contributed by atoms with Gasteiger partial charge in [0, 0.05) is 29.2 Å². The van der Waals surface area contributed by atoms with Crippen LogP contribution in [0.25, 0.3) is 11.0 Å². The summed E-state index contributed by atoms with van der Waals surface area (Å²) in [5.41, 5.74) is 1.10. The molecule has 0 unspecified atom stereocenters. The quantitative estimate of drug-likeness (QED) is 0.672. The number of fused-ring (bicyclic) bond motifs is 1. The third-order valence-electron chi connectivity index (χ3n) is 3.93. The molecule has 1 amide bonds. The lowest BCUT2D eigenvalue weighted by atomic mass is 10.0. The predicted octanol–water partition coefficient (Wildman–Crippen LogP) is 2.87. The molecule has 26 heavy (non-hydrogen) atoms. The molecule has 2 heterocycles. The maximum atomic E-state index is 14.0. The first-order chi connectivity index (χ1) is 12.5. The number of rotatable bonds is 5. The van der Waals surface area contributed by atoms with Gasteiger partial charge in [-0.05, 0) is 35.9 Å². The molecule has 1 atom stereocenters. The summed E-state index contributed by atoms with van der Waals surface area (Å²) in [6, 6.07) is 6.21. The van der Waals surface area contributed by atoms with Crippen LogP contribution < -0.4 is 5.32 Å². The molecule has 0 fully saturated rings. The Balaban J connectivity index is 1.87. The molecule has 0 bridgehead atoms. The van der Waals surface area contributed by atoms with Gasteiger partial charge in [-0.15, -0.1) is 0 Å². The summed E-state index contributed by atoms with van der Waals surface area (Å²) < 4.78 is 18.7. The molecule has 1 aromatic carbocycles. The Morgan fingerprint density at radius 3 is 2.92 bits per heavy atom. The number of benzene rings is 1. The number of methoxy groups -OCH3 is 1. The van der Waals surface area contributed by atoms with E-state index < -0.39 is 23.7 Å². The van der Waals surface area contributed by atoms with Crippen molar-refractivity contribution in [2.75, 3.05) is 7.11 Å². The molecule has 0 spiro atoms. The highest BCUT2D eigenvalue weighted by Gasteiger charge is 2.25. The van der Waals surface area contributed by atoms with E-state index in [-0.39, 0.29) is 12.0 Å². The third kappa shape index (κ3) is 3.67. The summed E-state index contributed by atoms with van der Waals surface area (Å²) in [6.45, 7) is 0. The number of ether oxygens (including phenoxy) is 1. The maximum Gasteiger partial charge on any atom is 0.328 e. The molecule has 0 saturated heterocycles. The molecular weight excluding hydrogens is 361 g/mol. The van der Waals surface area contributed by atoms with Crippen LogP contribution >= 0.6 is 11.6 Å². The Kier molecular flexibility index (Phi) is 5.18. The molecule has 3 aromatic rings. The largest absolute Gasteiger partial charge is 0.467 e. The van der Waals surface area contributed by atoms with Crippen LogP contribution in [0, 0.1) is 5.82 Å². The lowest BCUT2D eigenvalue weighted by Gasteiger charge is -2.17. The molecule has 2 aromatic heterocycles. The first-order valence-corrected chi connectivity index (χ1v) is 8.12. The van der Waals surface area contributed by atoms with E-state index in [1.165, 1.54) is 31.5 Å². The van der Waals surface area contributed by atoms with Gasteiger partial charge in [0.25, 0.3) is 5.91 Å². The van der Waals surface area contributed by atoms with Crippen LogP contribution in [0.3, 0.4) is 0 Å². The van der Waals surface area contributed by atoms with E-state index in [9.17, 15) is 14.0 Å². The molecule has 0 aliphatic rings. The van der Waals surface area contributed by atoms with Crippen molar-refractivity contribution in [1.29, 1.82) is 0 Å². The van der Waals surface area contributed by atoms with Gasteiger partial charge < -0.3 is 15.0 Å². The number of carbonyl (C=O) groups is 2. The molecule has 8 heteroatoms. The van der Waals surface area contributed by atoms with Crippen LogP contribution in [-0.4, -0.2) is 35.0 Å². The van der Waals surface area contributed by atoms with Gasteiger partial charge in [0.05, 0.1) is 12.7 Å². The number of esters is 1. The molecular formula is C18H15ClFN3O3. The summed E-state index contributed by atoms with van der Waals surface area (Å²) in [5.74, 6) is -1.69. The van der Waals surface area contributed by atoms with Crippen LogP contribution in [0.5, 0.6) is 0 Å². The summed E-state index contributed by atoms with van der Waals surface area (Å²) in [4.78, 5) is 31.8. The first kappa shape index (κ1) is 17.9. The minimum atomic E-state index is -1.07. The Morgan fingerprint density at radius 2 is 2.15 bits per heavy atom. The third-order valence-corrected chi connectivity index (χ3v) is 4.16. The van der Waals surface area contributed by atoms with Gasteiger partial charge in [-0.1, -0.05) is 11.6 Å². The van der Waals surface area contributed by atoms with E-state index in [1.807, 2.05) is 0 Å². The number of hydrogen-bond donors (Lipinski definition) is 2. The average molecular weight is 376 g/mol. The zero-order chi connectivity index (χ0) is 18.7. The number of nitrogens with zero attached hydrogens (tertiary/aromatic N) is 1. The minimum absolute atomic E-state index is 0.0911. The second-order valence-corrected chi connectivity index (χ2v) is 6.02. The summed E-state index contributed by atoms with van der Waals surface area (Å²) in [6.07, 6.45) is 3.05. The zero-order valence-electron chi connectivity index (χ0n) is 13.8. The van der Waals surface area contributed by atoms with Crippen molar-refractivity contribution in [1.82, 2.24) is 15.3 Å². The van der Waals surface area contributed by atoms with E-state index >= 15 is 0 Å². The van der Waals surface area contributed by atoms with Crippen molar-refractivity contribution in [2.24, 2.45) is 0 Å². The lowest BCUT2D eigenvalue weighted by molar-refractivity contribution is -0.142. The summed E-state index contributed by atoms with van der Waals surface area (Å²) in [7, 11) is 1.20. The number of pyridine rings is 1. The number of carbonyl (C=O) groups excluding carboxylic acids is 2. The molecule has 0 aliphatic carbocycles. The van der Waals surface area contributed by atoms with E-state index in [4.69, 9.17) is 16.3 Å². The first-order valence-electron chi connectivity index (χ1n) is 7.74. The Labute approximate surface area is 153 Å². The van der Waals surface area contributed by atoms with Crippen molar-refractivity contribution in [3.63, 3.8) is 0 Å². The fourth-order valence-electron chi connectivity index (χ4n) is 2.65. The zero-order valence-corrected chi connectivity index (χ0v) is 14.5. The predicted molar refractivity (Wildman–Crippen MR) is 94.5 cm³/mol. The second kappa shape index (κ2) is 7.53. The Morgan fingerprint density at radius 1 is 1.35 bits per heavy atom. The van der Waals surface area contributed by atoms with Crippen molar-refractivity contribution in [3.8, 4) is 0 Å². The Hall–Kier alpha value is -2.93. The highest BCUT2D eigenvalue weighted by molar-refractivity contribution is 6.30. The standard InChI is InChI=1S/C18H15ClFN3O3/c1-26-18(25)15(9-10-8-11(19)2-3-14(10)20)23-17(24)13-5-7-22-16-12(13)4-6-21-16/h2-8,15H,9H2,1H3,(H,21,22)(H,23,24)/t15-/m1/s1. The normalized spacial score (nSPS) is 12.0. The lowest BCUT2D eigenvalue weighted by Crippen LogP contribution is -2.43. The van der Waals surface area contributed by atoms with Gasteiger partial charge >= 0.3 is 5.97 Å². The monoisotopic (exact) mass is 375 g/mol. The highest BCUT2D eigenvalue weighted by atomic mass is 35.5. The topological polar surface area (TPSA) is 84.1 Å². The van der Waals surface area contributed by atoms with Crippen LogP contribution in [0.15, 0.2) is 42.7 Å². The van der Waals surface area contributed by atoms with Crippen molar-refractivity contribution in [2.45, 2.75) is 12.5 Å². The highest BCUT2D eigenvalue weighted by Crippen LogP contribution is 2.18. The van der Waals surface area contributed by atoms with Crippen LogP contribution in [0.1, 0.15) is 15.9 Å². The number of H-pyrrole nitrogens is 1. The van der Waals surface area contributed by atoms with E-state index in [0.29, 0.717) is 21.6 Å². The second-order valence-electron chi connectivity index (χ2n) is 5.59. The molecule has 134 valence electrons. The van der Waals surface area contributed by atoms with Gasteiger partial charge in [-0.25, -0.2) is 14.2 Å². The number of aromatic amines is 1. The molecule has 0 aliphatic heterocycles. The minimum Gasteiger partial charge on any atom is -0.467 e. The average Bonchev–Trinajstić information content (AvgIpc) is 3.12. The van der Waals surface area contributed by atoms with E-state index in [0.717, 1.165) is 0 Å². The number of halogens is 2. The number of nitrogens with one attached hydrogen (secondary N) is 2. The van der Waals surface area contributed by atoms with Gasteiger partial charge in [-0.2, -0.15) is 0 Å². The number of aromatic nitrogens is 2. The van der Waals surface area contributed by atoms with Gasteiger partial charge in [0.2, 0.25) is 0 Å².